The Kier molecular flexibility index (Phi) is 48.0. The third-order valence-corrected chi connectivity index (χ3v) is 7.99. The molecule has 0 heterocycles. The second kappa shape index (κ2) is 42.5. The van der Waals surface area contributed by atoms with E-state index < -0.39 is 0 Å². The summed E-state index contributed by atoms with van der Waals surface area (Å²) in [6.07, 6.45) is 20.1. The van der Waals surface area contributed by atoms with Crippen LogP contribution in [0.2, 0.25) is 0 Å². The van der Waals surface area contributed by atoms with Gasteiger partial charge in [-0.25, -0.2) is 0 Å². The Morgan fingerprint density at radius 3 is 1.40 bits per heavy atom. The molecule has 0 aliphatic rings. The van der Waals surface area contributed by atoms with Gasteiger partial charge in [0.25, 0.3) is 0 Å². The predicted octanol–water partition coefficient (Wildman–Crippen LogP) is 17.2. The molecule has 0 radical (unpaired) electrons. The highest BCUT2D eigenvalue weighted by Crippen LogP contribution is 2.40. The number of Topliss-reactive ketones (excluding diaryl/α,β-unsaturated/α-hetero) is 1. The van der Waals surface area contributed by atoms with Gasteiger partial charge in [-0.15, -0.1) is 6.58 Å². The Hall–Kier alpha value is -2.29. The summed E-state index contributed by atoms with van der Waals surface area (Å²) in [5, 5.41) is 0. The van der Waals surface area contributed by atoms with E-state index in [4.69, 9.17) is 4.74 Å². The van der Waals surface area contributed by atoms with Gasteiger partial charge in [0, 0.05) is 30.8 Å². The van der Waals surface area contributed by atoms with Crippen molar-refractivity contribution in [1.82, 2.24) is 4.90 Å². The molecule has 314 valence electrons. The number of rotatable bonds is 24. The number of ketones is 1. The SMILES string of the molecule is C=C(C)CCCCCCCCN(CCCCCCCCC(C)=O)C(=C)CC(C)(C)c1c(C)cc(C)cc1OC(=C)C.CC.CC.CC.CCC.CCC. The summed E-state index contributed by atoms with van der Waals surface area (Å²) in [6.45, 7) is 50.0. The van der Waals surface area contributed by atoms with Crippen LogP contribution < -0.4 is 4.74 Å². The Balaban J connectivity index is -0.000000569. The normalized spacial score (nSPS) is 9.83. The predicted molar refractivity (Wildman–Crippen MR) is 246 cm³/mol. The van der Waals surface area contributed by atoms with E-state index in [1.54, 1.807) is 6.92 Å². The van der Waals surface area contributed by atoms with Gasteiger partial charge in [-0.3, -0.25) is 0 Å². The molecular weight excluding hydrogens is 647 g/mol. The number of aryl methyl sites for hydroxylation is 2. The third-order valence-electron chi connectivity index (χ3n) is 7.99. The van der Waals surface area contributed by atoms with Gasteiger partial charge in [-0.2, -0.15) is 0 Å². The Morgan fingerprint density at radius 2 is 1.02 bits per heavy atom. The van der Waals surface area contributed by atoms with E-state index in [0.29, 0.717) is 11.5 Å². The molecular formula is C50H97NO2. The van der Waals surface area contributed by atoms with E-state index in [2.05, 4.69) is 99.1 Å². The second-order valence-corrected chi connectivity index (χ2v) is 14.7. The number of benzene rings is 1. The maximum absolute atomic E-state index is 11.2. The number of carbonyl (C=O) groups excluding carboxylic acids is 1. The zero-order valence-corrected chi connectivity index (χ0v) is 39.5. The van der Waals surface area contributed by atoms with Crippen LogP contribution >= 0.6 is 0 Å². The molecule has 0 aliphatic carbocycles. The molecule has 0 unspecified atom stereocenters. The molecule has 0 N–H and O–H groups in total. The van der Waals surface area contributed by atoms with Crippen LogP contribution in [0.25, 0.3) is 0 Å². The monoisotopic (exact) mass is 744 g/mol. The minimum atomic E-state index is -0.113. The fraction of sp³-hybridized carbons (Fsp3) is 0.740. The standard InChI is InChI=1S/C38H63NO2.2C3H8.3C2H6/c1-30(2)23-19-15-11-13-17-21-25-39(26-22-18-14-12-16-20-24-35(8)40)34(7)29-38(9,10)37-33(6)27-32(5)28-36(37)41-31(3)4;2*1-3-2;3*1-2/h27-28H,1,3,7,11-26,29H2,2,4-6,8-10H3;2*3H2,1-2H3;3*1-2H3. The highest BCUT2D eigenvalue weighted by Gasteiger charge is 2.29. The topological polar surface area (TPSA) is 29.5 Å². The Labute approximate surface area is 335 Å². The minimum absolute atomic E-state index is 0.113. The maximum Gasteiger partial charge on any atom is 0.131 e. The Morgan fingerprint density at radius 1 is 0.642 bits per heavy atom. The lowest BCUT2D eigenvalue weighted by Gasteiger charge is -2.35. The lowest BCUT2D eigenvalue weighted by Crippen LogP contribution is -2.30. The average Bonchev–Trinajstić information content (AvgIpc) is 3.08. The van der Waals surface area contributed by atoms with E-state index in [-0.39, 0.29) is 5.41 Å². The van der Waals surface area contributed by atoms with Crippen LogP contribution in [0.1, 0.15) is 230 Å². The third kappa shape index (κ3) is 37.8. The van der Waals surface area contributed by atoms with Crippen LogP contribution in [0.4, 0.5) is 0 Å². The molecule has 0 aliphatic heterocycles. The molecule has 0 aromatic heterocycles. The van der Waals surface area contributed by atoms with Gasteiger partial charge in [0.05, 0.1) is 5.76 Å². The van der Waals surface area contributed by atoms with Gasteiger partial charge in [0.1, 0.15) is 11.5 Å². The smallest absolute Gasteiger partial charge is 0.131 e. The minimum Gasteiger partial charge on any atom is -0.462 e. The number of carbonyl (C=O) groups is 1. The lowest BCUT2D eigenvalue weighted by molar-refractivity contribution is -0.117. The van der Waals surface area contributed by atoms with Crippen molar-refractivity contribution >= 4 is 5.78 Å². The van der Waals surface area contributed by atoms with Crippen molar-refractivity contribution in [3.63, 3.8) is 0 Å². The van der Waals surface area contributed by atoms with Gasteiger partial charge in [0.15, 0.2) is 0 Å². The molecule has 0 spiro atoms. The summed E-state index contributed by atoms with van der Waals surface area (Å²) in [6, 6.07) is 4.40. The zero-order chi connectivity index (χ0) is 42.3. The van der Waals surface area contributed by atoms with Gasteiger partial charge in [0.2, 0.25) is 0 Å². The first kappa shape index (κ1) is 60.0. The number of ether oxygens (including phenoxy) is 1. The van der Waals surface area contributed by atoms with Gasteiger partial charge < -0.3 is 14.4 Å². The van der Waals surface area contributed by atoms with Crippen molar-refractivity contribution in [2.75, 3.05) is 13.1 Å². The van der Waals surface area contributed by atoms with Gasteiger partial charge in [-0.1, -0.05) is 172 Å². The van der Waals surface area contributed by atoms with Crippen LogP contribution in [0.15, 0.2) is 48.9 Å². The van der Waals surface area contributed by atoms with E-state index in [1.165, 1.54) is 118 Å². The number of hydrogen-bond acceptors (Lipinski definition) is 3. The Bertz CT molecular complexity index is 971. The summed E-state index contributed by atoms with van der Waals surface area (Å²) < 4.78 is 6.14. The molecule has 1 aromatic rings. The van der Waals surface area contributed by atoms with E-state index >= 15 is 0 Å². The summed E-state index contributed by atoms with van der Waals surface area (Å²) in [5.74, 6) is 1.96. The fourth-order valence-electron chi connectivity index (χ4n) is 6.02. The molecule has 3 nitrogen and oxygen atoms in total. The van der Waals surface area contributed by atoms with Crippen molar-refractivity contribution in [2.45, 2.75) is 232 Å². The quantitative estimate of drug-likeness (QED) is 0.0600. The molecule has 3 heteroatoms. The van der Waals surface area contributed by atoms with Crippen molar-refractivity contribution in [3.05, 3.63) is 65.6 Å². The van der Waals surface area contributed by atoms with Crippen molar-refractivity contribution in [2.24, 2.45) is 0 Å². The summed E-state index contributed by atoms with van der Waals surface area (Å²) >= 11 is 0. The van der Waals surface area contributed by atoms with Crippen LogP contribution in [-0.2, 0) is 10.2 Å². The molecule has 0 bridgehead atoms. The molecule has 0 saturated carbocycles. The van der Waals surface area contributed by atoms with Crippen LogP contribution in [0.5, 0.6) is 5.75 Å². The first-order valence-electron chi connectivity index (χ1n) is 22.2. The molecule has 0 saturated heterocycles. The van der Waals surface area contributed by atoms with Crippen molar-refractivity contribution in [1.29, 1.82) is 0 Å². The van der Waals surface area contributed by atoms with Gasteiger partial charge in [-0.05, 0) is 95.8 Å². The second-order valence-electron chi connectivity index (χ2n) is 14.7. The number of allylic oxidation sites excluding steroid dienone is 3. The van der Waals surface area contributed by atoms with Crippen molar-refractivity contribution in [3.8, 4) is 5.75 Å². The molecule has 1 rings (SSSR count). The van der Waals surface area contributed by atoms with E-state index in [0.717, 1.165) is 38.1 Å². The number of unbranched alkanes of at least 4 members (excludes halogenated alkanes) is 10. The molecule has 0 atom stereocenters. The zero-order valence-electron chi connectivity index (χ0n) is 39.5. The van der Waals surface area contributed by atoms with E-state index in [9.17, 15) is 4.79 Å². The van der Waals surface area contributed by atoms with Gasteiger partial charge >= 0.3 is 0 Å². The summed E-state index contributed by atoms with van der Waals surface area (Å²) in [7, 11) is 0. The number of hydrogen-bond donors (Lipinski definition) is 0. The van der Waals surface area contributed by atoms with Crippen molar-refractivity contribution < 1.29 is 9.53 Å². The first-order chi connectivity index (χ1) is 25.2. The van der Waals surface area contributed by atoms with E-state index in [1.807, 2.05) is 48.5 Å². The van der Waals surface area contributed by atoms with Crippen LogP contribution in [-0.4, -0.2) is 23.8 Å². The highest BCUT2D eigenvalue weighted by atomic mass is 16.5. The lowest BCUT2D eigenvalue weighted by atomic mass is 9.77. The summed E-state index contributed by atoms with van der Waals surface area (Å²) in [4.78, 5) is 13.7. The largest absolute Gasteiger partial charge is 0.462 e. The molecule has 0 fully saturated rings. The molecule has 1 aromatic carbocycles. The highest BCUT2D eigenvalue weighted by molar-refractivity contribution is 5.75. The average molecular weight is 744 g/mol. The maximum atomic E-state index is 11.2. The first-order valence-corrected chi connectivity index (χ1v) is 22.2. The fourth-order valence-corrected chi connectivity index (χ4v) is 6.02. The molecule has 0 amide bonds. The molecule has 53 heavy (non-hydrogen) atoms. The summed E-state index contributed by atoms with van der Waals surface area (Å²) in [5.41, 5.74) is 6.16. The van der Waals surface area contributed by atoms with Crippen LogP contribution in [0.3, 0.4) is 0 Å². The van der Waals surface area contributed by atoms with Crippen LogP contribution in [0, 0.1) is 13.8 Å². The number of nitrogens with zero attached hydrogens (tertiary/aromatic N) is 1.